The lowest BCUT2D eigenvalue weighted by atomic mass is 10.00. The van der Waals surface area contributed by atoms with Gasteiger partial charge in [0.05, 0.1) is 12.1 Å². The maximum Gasteiger partial charge on any atom is 0.0702 e. The third-order valence-corrected chi connectivity index (χ3v) is 3.25. The summed E-state index contributed by atoms with van der Waals surface area (Å²) in [5.74, 6) is 0. The zero-order chi connectivity index (χ0) is 9.86. The minimum atomic E-state index is 0.0251. The molecule has 2 fully saturated rings. The molecule has 0 aromatic carbocycles. The van der Waals surface area contributed by atoms with Crippen LogP contribution in [-0.4, -0.2) is 43.4 Å². The van der Waals surface area contributed by atoms with Crippen LogP contribution in [0.4, 0.5) is 0 Å². The van der Waals surface area contributed by atoms with Crippen LogP contribution in [0.15, 0.2) is 0 Å². The molecule has 0 spiro atoms. The second kappa shape index (κ2) is 4.57. The van der Waals surface area contributed by atoms with Crippen LogP contribution in [0.2, 0.25) is 0 Å². The number of hydrazine groups is 1. The fourth-order valence-corrected chi connectivity index (χ4v) is 2.24. The SMILES string of the molecule is NCC1(NN2CCCCC2)CCOC1. The number of hydrogen-bond donors (Lipinski definition) is 2. The lowest BCUT2D eigenvalue weighted by Crippen LogP contribution is -2.59. The summed E-state index contributed by atoms with van der Waals surface area (Å²) in [6.07, 6.45) is 5.01. The van der Waals surface area contributed by atoms with Gasteiger partial charge in [-0.2, -0.15) is 0 Å². The number of ether oxygens (including phenoxy) is 1. The van der Waals surface area contributed by atoms with E-state index in [-0.39, 0.29) is 5.54 Å². The highest BCUT2D eigenvalue weighted by molar-refractivity contribution is 4.92. The molecular formula is C10H21N3O. The highest BCUT2D eigenvalue weighted by Gasteiger charge is 2.35. The van der Waals surface area contributed by atoms with Crippen molar-refractivity contribution in [1.82, 2.24) is 10.4 Å². The molecule has 14 heavy (non-hydrogen) atoms. The van der Waals surface area contributed by atoms with E-state index in [9.17, 15) is 0 Å². The smallest absolute Gasteiger partial charge is 0.0702 e. The number of rotatable bonds is 3. The Kier molecular flexibility index (Phi) is 3.38. The summed E-state index contributed by atoms with van der Waals surface area (Å²) in [6.45, 7) is 4.59. The van der Waals surface area contributed by atoms with Crippen LogP contribution >= 0.6 is 0 Å². The molecule has 82 valence electrons. The molecule has 0 aromatic rings. The van der Waals surface area contributed by atoms with Crippen molar-refractivity contribution in [2.24, 2.45) is 5.73 Å². The number of nitrogens with one attached hydrogen (secondary N) is 1. The van der Waals surface area contributed by atoms with Crippen LogP contribution < -0.4 is 11.2 Å². The fraction of sp³-hybridized carbons (Fsp3) is 1.00. The topological polar surface area (TPSA) is 50.5 Å². The van der Waals surface area contributed by atoms with Crippen molar-refractivity contribution in [1.29, 1.82) is 0 Å². The second-order valence-corrected chi connectivity index (χ2v) is 4.45. The molecular weight excluding hydrogens is 178 g/mol. The van der Waals surface area contributed by atoms with Gasteiger partial charge < -0.3 is 10.5 Å². The summed E-state index contributed by atoms with van der Waals surface area (Å²) < 4.78 is 5.42. The Balaban J connectivity index is 1.86. The van der Waals surface area contributed by atoms with Gasteiger partial charge in [0.25, 0.3) is 0 Å². The third kappa shape index (κ3) is 2.25. The Labute approximate surface area is 85.7 Å². The quantitative estimate of drug-likeness (QED) is 0.676. The summed E-state index contributed by atoms with van der Waals surface area (Å²) in [6, 6.07) is 0. The number of piperidine rings is 1. The molecule has 2 aliphatic rings. The fourth-order valence-electron chi connectivity index (χ4n) is 2.24. The molecule has 2 rings (SSSR count). The molecule has 4 heteroatoms. The molecule has 0 radical (unpaired) electrons. The molecule has 0 amide bonds. The summed E-state index contributed by atoms with van der Waals surface area (Å²) in [4.78, 5) is 0. The van der Waals surface area contributed by atoms with Gasteiger partial charge in [0.15, 0.2) is 0 Å². The predicted molar refractivity (Wildman–Crippen MR) is 55.8 cm³/mol. The van der Waals surface area contributed by atoms with Crippen molar-refractivity contribution in [3.63, 3.8) is 0 Å². The van der Waals surface area contributed by atoms with E-state index in [0.717, 1.165) is 32.7 Å². The molecule has 0 bridgehead atoms. The van der Waals surface area contributed by atoms with E-state index in [2.05, 4.69) is 10.4 Å². The summed E-state index contributed by atoms with van der Waals surface area (Å²) >= 11 is 0. The van der Waals surface area contributed by atoms with Gasteiger partial charge in [-0.3, -0.25) is 0 Å². The first-order valence-corrected chi connectivity index (χ1v) is 5.65. The van der Waals surface area contributed by atoms with Crippen LogP contribution in [0.25, 0.3) is 0 Å². The lowest BCUT2D eigenvalue weighted by molar-refractivity contribution is 0.0708. The van der Waals surface area contributed by atoms with E-state index in [1.165, 1.54) is 19.3 Å². The normalized spacial score (nSPS) is 34.9. The molecule has 1 atom stereocenters. The molecule has 2 saturated heterocycles. The van der Waals surface area contributed by atoms with Crippen LogP contribution in [-0.2, 0) is 4.74 Å². The molecule has 1 unspecified atom stereocenters. The average Bonchev–Trinajstić information content (AvgIpc) is 2.69. The van der Waals surface area contributed by atoms with Crippen molar-refractivity contribution in [3.8, 4) is 0 Å². The largest absolute Gasteiger partial charge is 0.379 e. The summed E-state index contributed by atoms with van der Waals surface area (Å²) in [7, 11) is 0. The highest BCUT2D eigenvalue weighted by Crippen LogP contribution is 2.19. The van der Waals surface area contributed by atoms with Crippen molar-refractivity contribution < 1.29 is 4.74 Å². The van der Waals surface area contributed by atoms with E-state index >= 15 is 0 Å². The average molecular weight is 199 g/mol. The zero-order valence-electron chi connectivity index (χ0n) is 8.80. The molecule has 0 aliphatic carbocycles. The molecule has 0 saturated carbocycles. The van der Waals surface area contributed by atoms with Crippen LogP contribution in [0, 0.1) is 0 Å². The summed E-state index contributed by atoms with van der Waals surface area (Å²) in [5, 5.41) is 2.32. The molecule has 2 aliphatic heterocycles. The van der Waals surface area contributed by atoms with Crippen LogP contribution in [0.5, 0.6) is 0 Å². The number of nitrogens with zero attached hydrogens (tertiary/aromatic N) is 1. The Hall–Kier alpha value is -0.160. The maximum absolute atomic E-state index is 5.82. The van der Waals surface area contributed by atoms with Gasteiger partial charge in [-0.15, -0.1) is 0 Å². The second-order valence-electron chi connectivity index (χ2n) is 4.45. The maximum atomic E-state index is 5.82. The van der Waals surface area contributed by atoms with Gasteiger partial charge in [0.1, 0.15) is 0 Å². The van der Waals surface area contributed by atoms with Crippen molar-refractivity contribution in [3.05, 3.63) is 0 Å². The van der Waals surface area contributed by atoms with Crippen LogP contribution in [0.3, 0.4) is 0 Å². The lowest BCUT2D eigenvalue weighted by Gasteiger charge is -2.36. The minimum absolute atomic E-state index is 0.0251. The first-order valence-electron chi connectivity index (χ1n) is 5.65. The first-order chi connectivity index (χ1) is 6.85. The van der Waals surface area contributed by atoms with E-state index in [0.29, 0.717) is 6.54 Å². The van der Waals surface area contributed by atoms with Gasteiger partial charge in [0, 0.05) is 26.2 Å². The zero-order valence-corrected chi connectivity index (χ0v) is 8.80. The molecule has 4 nitrogen and oxygen atoms in total. The Morgan fingerprint density at radius 3 is 2.64 bits per heavy atom. The minimum Gasteiger partial charge on any atom is -0.379 e. The van der Waals surface area contributed by atoms with E-state index < -0.39 is 0 Å². The van der Waals surface area contributed by atoms with Crippen molar-refractivity contribution in [2.45, 2.75) is 31.2 Å². The third-order valence-electron chi connectivity index (χ3n) is 3.25. The Morgan fingerprint density at radius 2 is 2.07 bits per heavy atom. The van der Waals surface area contributed by atoms with Crippen LogP contribution in [0.1, 0.15) is 25.7 Å². The Bertz CT molecular complexity index is 174. The van der Waals surface area contributed by atoms with Gasteiger partial charge in [-0.1, -0.05) is 6.42 Å². The van der Waals surface area contributed by atoms with Gasteiger partial charge in [-0.05, 0) is 19.3 Å². The Morgan fingerprint density at radius 1 is 1.29 bits per heavy atom. The van der Waals surface area contributed by atoms with Gasteiger partial charge >= 0.3 is 0 Å². The van der Waals surface area contributed by atoms with Crippen molar-refractivity contribution in [2.75, 3.05) is 32.8 Å². The molecule has 2 heterocycles. The molecule has 3 N–H and O–H groups in total. The standard InChI is InChI=1S/C10H21N3O/c11-8-10(4-7-14-9-10)12-13-5-2-1-3-6-13/h12H,1-9,11H2. The highest BCUT2D eigenvalue weighted by atomic mass is 16.5. The van der Waals surface area contributed by atoms with E-state index in [1.54, 1.807) is 0 Å². The predicted octanol–water partition coefficient (Wildman–Crippen LogP) is 0.0947. The monoisotopic (exact) mass is 199 g/mol. The van der Waals surface area contributed by atoms with Gasteiger partial charge in [0.2, 0.25) is 0 Å². The summed E-state index contributed by atoms with van der Waals surface area (Å²) in [5.41, 5.74) is 9.41. The van der Waals surface area contributed by atoms with E-state index in [1.807, 2.05) is 0 Å². The molecule has 0 aromatic heterocycles. The first kappa shape index (κ1) is 10.4. The number of nitrogens with two attached hydrogens (primary N) is 1. The van der Waals surface area contributed by atoms with Gasteiger partial charge in [-0.25, -0.2) is 10.4 Å². The van der Waals surface area contributed by atoms with E-state index in [4.69, 9.17) is 10.5 Å². The van der Waals surface area contributed by atoms with Crippen molar-refractivity contribution >= 4 is 0 Å². The number of hydrogen-bond acceptors (Lipinski definition) is 4.